The fraction of sp³-hybridized carbons (Fsp3) is 0.214. The molecule has 0 aliphatic heterocycles. The number of hydrogen-bond donors (Lipinski definition) is 1. The number of aliphatic hydroxyl groups excluding tert-OH is 1. The van der Waals surface area contributed by atoms with Crippen LogP contribution in [0, 0.1) is 6.92 Å². The molecule has 0 aliphatic carbocycles. The highest BCUT2D eigenvalue weighted by Crippen LogP contribution is 2.21. The molecule has 1 aromatic carbocycles. The lowest BCUT2D eigenvalue weighted by atomic mass is 10.1. The van der Waals surface area contributed by atoms with E-state index in [2.05, 4.69) is 24.0 Å². The number of hydrogen-bond acceptors (Lipinski definition) is 3. The molecule has 1 N–H and O–H groups in total. The number of aromatic nitrogens is 1. The molecule has 2 aromatic rings. The zero-order valence-electron chi connectivity index (χ0n) is 9.92. The van der Waals surface area contributed by atoms with Crippen LogP contribution in [-0.2, 0) is 4.74 Å². The molecule has 3 nitrogen and oxygen atoms in total. The zero-order chi connectivity index (χ0) is 12.3. The Morgan fingerprint density at radius 3 is 2.59 bits per heavy atom. The maximum atomic E-state index is 9.45. The van der Waals surface area contributed by atoms with Crippen molar-refractivity contribution in [3.8, 4) is 11.1 Å². The number of rotatable bonds is 3. The van der Waals surface area contributed by atoms with E-state index in [-0.39, 0.29) is 0 Å². The third-order valence-corrected chi connectivity index (χ3v) is 2.61. The molecule has 1 atom stereocenters. The molecule has 0 bridgehead atoms. The molecule has 0 fully saturated rings. The minimum Gasteiger partial charge on any atom is -0.363 e. The molecule has 17 heavy (non-hydrogen) atoms. The van der Waals surface area contributed by atoms with E-state index < -0.39 is 6.29 Å². The molecule has 3 heteroatoms. The van der Waals surface area contributed by atoms with Gasteiger partial charge < -0.3 is 9.84 Å². The highest BCUT2D eigenvalue weighted by atomic mass is 16.6. The van der Waals surface area contributed by atoms with Gasteiger partial charge in [0.05, 0.1) is 5.69 Å². The molecule has 0 spiro atoms. The van der Waals surface area contributed by atoms with Gasteiger partial charge in [0.15, 0.2) is 6.29 Å². The standard InChI is InChI=1S/C14H15NO2/c1-10-4-3-5-11(8-10)12-6-7-13(15-9-12)14(16)17-2/h3-9,14,16H,1-2H3. The Morgan fingerprint density at radius 2 is 2.00 bits per heavy atom. The number of pyridine rings is 1. The van der Waals surface area contributed by atoms with Crippen molar-refractivity contribution >= 4 is 0 Å². The first-order valence-corrected chi connectivity index (χ1v) is 5.44. The molecular formula is C14H15NO2. The smallest absolute Gasteiger partial charge is 0.198 e. The second-order valence-corrected chi connectivity index (χ2v) is 3.93. The van der Waals surface area contributed by atoms with Gasteiger partial charge in [-0.05, 0) is 18.6 Å². The van der Waals surface area contributed by atoms with Crippen LogP contribution in [0.2, 0.25) is 0 Å². The lowest BCUT2D eigenvalue weighted by molar-refractivity contribution is -0.0798. The van der Waals surface area contributed by atoms with E-state index >= 15 is 0 Å². The summed E-state index contributed by atoms with van der Waals surface area (Å²) >= 11 is 0. The lowest BCUT2D eigenvalue weighted by Crippen LogP contribution is -2.01. The number of methoxy groups -OCH3 is 1. The number of benzene rings is 1. The largest absolute Gasteiger partial charge is 0.363 e. The van der Waals surface area contributed by atoms with Crippen LogP contribution in [0.1, 0.15) is 17.5 Å². The van der Waals surface area contributed by atoms with Crippen molar-refractivity contribution in [3.63, 3.8) is 0 Å². The summed E-state index contributed by atoms with van der Waals surface area (Å²) in [7, 11) is 1.45. The van der Waals surface area contributed by atoms with E-state index in [1.807, 2.05) is 18.2 Å². The highest BCUT2D eigenvalue weighted by Gasteiger charge is 2.07. The fourth-order valence-electron chi connectivity index (χ4n) is 1.67. The van der Waals surface area contributed by atoms with Gasteiger partial charge in [0, 0.05) is 18.9 Å². The summed E-state index contributed by atoms with van der Waals surface area (Å²) in [6, 6.07) is 11.9. The average molecular weight is 229 g/mol. The molecule has 1 heterocycles. The average Bonchev–Trinajstić information content (AvgIpc) is 2.38. The summed E-state index contributed by atoms with van der Waals surface area (Å²) < 4.78 is 4.79. The molecule has 0 amide bonds. The summed E-state index contributed by atoms with van der Waals surface area (Å²) in [6.45, 7) is 2.06. The van der Waals surface area contributed by atoms with Gasteiger partial charge >= 0.3 is 0 Å². The predicted molar refractivity (Wildman–Crippen MR) is 66.4 cm³/mol. The Labute approximate surface area is 101 Å². The third kappa shape index (κ3) is 2.70. The van der Waals surface area contributed by atoms with E-state index in [1.54, 1.807) is 12.3 Å². The van der Waals surface area contributed by atoms with Crippen LogP contribution in [0.5, 0.6) is 0 Å². The molecule has 0 saturated heterocycles. The summed E-state index contributed by atoms with van der Waals surface area (Å²) in [5, 5.41) is 9.45. The van der Waals surface area contributed by atoms with Crippen molar-refractivity contribution in [1.29, 1.82) is 0 Å². The van der Waals surface area contributed by atoms with Crippen LogP contribution in [0.25, 0.3) is 11.1 Å². The molecule has 1 aromatic heterocycles. The summed E-state index contributed by atoms with van der Waals surface area (Å²) in [4.78, 5) is 4.18. The Hall–Kier alpha value is -1.71. The Balaban J connectivity index is 2.29. The van der Waals surface area contributed by atoms with E-state index in [0.29, 0.717) is 5.69 Å². The maximum Gasteiger partial charge on any atom is 0.198 e. The monoisotopic (exact) mass is 229 g/mol. The number of nitrogens with zero attached hydrogens (tertiary/aromatic N) is 1. The van der Waals surface area contributed by atoms with Crippen molar-refractivity contribution < 1.29 is 9.84 Å². The van der Waals surface area contributed by atoms with Gasteiger partial charge in [0.2, 0.25) is 0 Å². The maximum absolute atomic E-state index is 9.45. The molecule has 0 aliphatic rings. The van der Waals surface area contributed by atoms with Gasteiger partial charge in [0.1, 0.15) is 0 Å². The second-order valence-electron chi connectivity index (χ2n) is 3.93. The van der Waals surface area contributed by atoms with Crippen LogP contribution >= 0.6 is 0 Å². The number of aliphatic hydroxyl groups is 1. The summed E-state index contributed by atoms with van der Waals surface area (Å²) in [5.41, 5.74) is 3.88. The quantitative estimate of drug-likeness (QED) is 0.823. The highest BCUT2D eigenvalue weighted by molar-refractivity contribution is 5.63. The first-order valence-electron chi connectivity index (χ1n) is 5.44. The third-order valence-electron chi connectivity index (χ3n) is 2.61. The van der Waals surface area contributed by atoms with E-state index in [4.69, 9.17) is 4.74 Å². The Morgan fingerprint density at radius 1 is 1.18 bits per heavy atom. The number of ether oxygens (including phenoxy) is 1. The topological polar surface area (TPSA) is 42.4 Å². The van der Waals surface area contributed by atoms with E-state index in [1.165, 1.54) is 12.7 Å². The van der Waals surface area contributed by atoms with Crippen molar-refractivity contribution in [2.45, 2.75) is 13.2 Å². The molecule has 1 unspecified atom stereocenters. The molecule has 0 saturated carbocycles. The van der Waals surface area contributed by atoms with Gasteiger partial charge in [-0.2, -0.15) is 0 Å². The summed E-state index contributed by atoms with van der Waals surface area (Å²) in [5.74, 6) is 0. The molecular weight excluding hydrogens is 214 g/mol. The van der Waals surface area contributed by atoms with Crippen LogP contribution in [0.15, 0.2) is 42.6 Å². The minimum absolute atomic E-state index is 0.518. The SMILES string of the molecule is COC(O)c1ccc(-c2cccc(C)c2)cn1. The van der Waals surface area contributed by atoms with Crippen molar-refractivity contribution in [3.05, 3.63) is 53.9 Å². The van der Waals surface area contributed by atoms with Gasteiger partial charge in [0.25, 0.3) is 0 Å². The van der Waals surface area contributed by atoms with Crippen LogP contribution < -0.4 is 0 Å². The van der Waals surface area contributed by atoms with Crippen LogP contribution in [0.4, 0.5) is 0 Å². The summed E-state index contributed by atoms with van der Waals surface area (Å²) in [6.07, 6.45) is 0.786. The normalized spacial score (nSPS) is 12.4. The van der Waals surface area contributed by atoms with Gasteiger partial charge in [-0.25, -0.2) is 0 Å². The fourth-order valence-corrected chi connectivity index (χ4v) is 1.67. The number of aryl methyl sites for hydroxylation is 1. The van der Waals surface area contributed by atoms with Crippen molar-refractivity contribution in [1.82, 2.24) is 4.98 Å². The van der Waals surface area contributed by atoms with Crippen LogP contribution in [0.3, 0.4) is 0 Å². The Kier molecular flexibility index (Phi) is 3.52. The van der Waals surface area contributed by atoms with E-state index in [9.17, 15) is 5.11 Å². The minimum atomic E-state index is -0.957. The molecule has 88 valence electrons. The molecule has 0 radical (unpaired) electrons. The predicted octanol–water partition coefficient (Wildman–Crippen LogP) is 2.69. The lowest BCUT2D eigenvalue weighted by Gasteiger charge is -2.08. The van der Waals surface area contributed by atoms with Crippen molar-refractivity contribution in [2.75, 3.05) is 7.11 Å². The van der Waals surface area contributed by atoms with E-state index in [0.717, 1.165) is 11.1 Å². The van der Waals surface area contributed by atoms with Crippen molar-refractivity contribution in [2.24, 2.45) is 0 Å². The van der Waals surface area contributed by atoms with Gasteiger partial charge in [-0.15, -0.1) is 0 Å². The first-order chi connectivity index (χ1) is 8.20. The van der Waals surface area contributed by atoms with Gasteiger partial charge in [-0.3, -0.25) is 4.98 Å². The zero-order valence-corrected chi connectivity index (χ0v) is 9.92. The Bertz CT molecular complexity index is 494. The molecule has 2 rings (SSSR count). The second kappa shape index (κ2) is 5.08. The van der Waals surface area contributed by atoms with Crippen LogP contribution in [-0.4, -0.2) is 17.2 Å². The van der Waals surface area contributed by atoms with Gasteiger partial charge in [-0.1, -0.05) is 35.9 Å². The first kappa shape index (κ1) is 11.8.